The number of benzene rings is 2. The van der Waals surface area contributed by atoms with Crippen molar-refractivity contribution in [3.8, 4) is 22.6 Å². The minimum absolute atomic E-state index is 0.271. The quantitative estimate of drug-likeness (QED) is 0.545. The smallest absolute Gasteiger partial charge is 0.153 e. The summed E-state index contributed by atoms with van der Waals surface area (Å²) >= 11 is 0. The van der Waals surface area contributed by atoms with Crippen LogP contribution >= 0.6 is 0 Å². The maximum atomic E-state index is 6.29. The topological polar surface area (TPSA) is 43.8 Å². The minimum atomic E-state index is 0.271. The Labute approximate surface area is 183 Å². The third-order valence-corrected chi connectivity index (χ3v) is 6.27. The molecule has 1 unspecified atom stereocenters. The second kappa shape index (κ2) is 9.25. The van der Waals surface area contributed by atoms with E-state index in [1.807, 2.05) is 19.2 Å². The molecule has 2 aromatic carbocycles. The molecule has 3 heterocycles. The summed E-state index contributed by atoms with van der Waals surface area (Å²) in [4.78, 5) is 7.02. The number of ether oxygens (including phenoxy) is 3. The molecule has 1 aromatic heterocycles. The van der Waals surface area contributed by atoms with Gasteiger partial charge in [0.05, 0.1) is 6.61 Å². The van der Waals surface area contributed by atoms with Gasteiger partial charge in [-0.1, -0.05) is 24.3 Å². The van der Waals surface area contributed by atoms with E-state index in [-0.39, 0.29) is 6.10 Å². The summed E-state index contributed by atoms with van der Waals surface area (Å²) in [5.41, 5.74) is 3.07. The van der Waals surface area contributed by atoms with Crippen molar-refractivity contribution in [3.63, 3.8) is 0 Å². The van der Waals surface area contributed by atoms with Crippen LogP contribution in [0, 0.1) is 0 Å². The molecule has 0 amide bonds. The second-order valence-corrected chi connectivity index (χ2v) is 8.30. The molecule has 5 heteroatoms. The van der Waals surface area contributed by atoms with E-state index >= 15 is 0 Å². The van der Waals surface area contributed by atoms with Gasteiger partial charge in [-0.25, -0.2) is 0 Å². The standard InChI is InChI=1S/C26H30N2O3/c1-2-29-26-23(12-9-20-5-3-15-27-25(20)26)19-7-10-21(11-8-19)31-22-13-16-28(17-14-22)24-6-4-18-30-24/h3,5,7-12,15,22,24H,2,4,6,13-14,16-18H2,1H3. The lowest BCUT2D eigenvalue weighted by molar-refractivity contribution is -0.0441. The number of likely N-dealkylation sites (tertiary alicyclic amines) is 1. The molecular formula is C26H30N2O3. The van der Waals surface area contributed by atoms with Gasteiger partial charge >= 0.3 is 0 Å². The van der Waals surface area contributed by atoms with Gasteiger partial charge in [0.15, 0.2) is 5.75 Å². The molecule has 0 bridgehead atoms. The first-order valence-corrected chi connectivity index (χ1v) is 11.4. The van der Waals surface area contributed by atoms with Crippen molar-refractivity contribution in [3.05, 3.63) is 54.7 Å². The van der Waals surface area contributed by atoms with Crippen molar-refractivity contribution >= 4 is 10.9 Å². The molecule has 162 valence electrons. The minimum Gasteiger partial charge on any atom is -0.491 e. The number of hydrogen-bond donors (Lipinski definition) is 0. The lowest BCUT2D eigenvalue weighted by atomic mass is 10.0. The van der Waals surface area contributed by atoms with Gasteiger partial charge in [0.2, 0.25) is 0 Å². The van der Waals surface area contributed by atoms with Crippen LogP contribution in [0.5, 0.6) is 11.5 Å². The maximum Gasteiger partial charge on any atom is 0.153 e. The first-order valence-electron chi connectivity index (χ1n) is 11.4. The van der Waals surface area contributed by atoms with Crippen LogP contribution in [-0.4, -0.2) is 48.5 Å². The summed E-state index contributed by atoms with van der Waals surface area (Å²) in [6, 6.07) is 16.6. The molecule has 0 spiro atoms. The van der Waals surface area contributed by atoms with Gasteiger partial charge in [0, 0.05) is 36.8 Å². The molecule has 3 aromatic rings. The Morgan fingerprint density at radius 1 is 1.03 bits per heavy atom. The SMILES string of the molecule is CCOc1c(-c2ccc(OC3CCN(C4CCCO4)CC3)cc2)ccc2cccnc12. The Bertz CT molecular complexity index is 1010. The van der Waals surface area contributed by atoms with Crippen LogP contribution in [0.25, 0.3) is 22.0 Å². The molecule has 0 aliphatic carbocycles. The Morgan fingerprint density at radius 3 is 2.61 bits per heavy atom. The van der Waals surface area contributed by atoms with Gasteiger partial charge in [-0.3, -0.25) is 9.88 Å². The number of hydrogen-bond acceptors (Lipinski definition) is 5. The van der Waals surface area contributed by atoms with Crippen molar-refractivity contribution in [1.29, 1.82) is 0 Å². The van der Waals surface area contributed by atoms with Crippen molar-refractivity contribution < 1.29 is 14.2 Å². The van der Waals surface area contributed by atoms with Crippen molar-refractivity contribution in [2.75, 3.05) is 26.3 Å². The molecule has 2 aliphatic rings. The highest BCUT2D eigenvalue weighted by Crippen LogP contribution is 2.36. The zero-order valence-corrected chi connectivity index (χ0v) is 18.1. The largest absolute Gasteiger partial charge is 0.491 e. The first kappa shape index (κ1) is 20.3. The zero-order valence-electron chi connectivity index (χ0n) is 18.1. The monoisotopic (exact) mass is 418 g/mol. The molecule has 2 aliphatic heterocycles. The number of rotatable bonds is 6. The van der Waals surface area contributed by atoms with E-state index in [0.717, 1.165) is 66.1 Å². The lowest BCUT2D eigenvalue weighted by Gasteiger charge is -2.35. The summed E-state index contributed by atoms with van der Waals surface area (Å²) in [7, 11) is 0. The van der Waals surface area contributed by atoms with E-state index in [1.54, 1.807) is 0 Å². The highest BCUT2D eigenvalue weighted by atomic mass is 16.5. The number of aromatic nitrogens is 1. The molecule has 0 N–H and O–H groups in total. The van der Waals surface area contributed by atoms with Crippen LogP contribution < -0.4 is 9.47 Å². The Balaban J connectivity index is 1.28. The predicted molar refractivity (Wildman–Crippen MR) is 123 cm³/mol. The summed E-state index contributed by atoms with van der Waals surface area (Å²) in [5, 5.41) is 1.09. The highest BCUT2D eigenvalue weighted by Gasteiger charge is 2.28. The van der Waals surface area contributed by atoms with E-state index in [9.17, 15) is 0 Å². The average Bonchev–Trinajstić information content (AvgIpc) is 3.36. The average molecular weight is 419 g/mol. The summed E-state index contributed by atoms with van der Waals surface area (Å²) in [6.07, 6.45) is 6.87. The summed E-state index contributed by atoms with van der Waals surface area (Å²) < 4.78 is 18.1. The predicted octanol–water partition coefficient (Wildman–Crippen LogP) is 5.28. The molecule has 0 radical (unpaired) electrons. The van der Waals surface area contributed by atoms with Gasteiger partial charge in [0.25, 0.3) is 0 Å². The Morgan fingerprint density at radius 2 is 1.87 bits per heavy atom. The van der Waals surface area contributed by atoms with Gasteiger partial charge in [0.1, 0.15) is 23.6 Å². The molecule has 2 saturated heterocycles. The second-order valence-electron chi connectivity index (χ2n) is 8.30. The lowest BCUT2D eigenvalue weighted by Crippen LogP contribution is -2.43. The van der Waals surface area contributed by atoms with Crippen LogP contribution in [0.2, 0.25) is 0 Å². The Kier molecular flexibility index (Phi) is 6.05. The first-order chi connectivity index (χ1) is 15.3. The fourth-order valence-corrected chi connectivity index (χ4v) is 4.67. The van der Waals surface area contributed by atoms with E-state index < -0.39 is 0 Å². The van der Waals surface area contributed by atoms with Crippen LogP contribution in [0.1, 0.15) is 32.6 Å². The van der Waals surface area contributed by atoms with Crippen LogP contribution in [0.15, 0.2) is 54.7 Å². The summed E-state index contributed by atoms with van der Waals surface area (Å²) in [5.74, 6) is 1.77. The van der Waals surface area contributed by atoms with E-state index in [2.05, 4.69) is 52.3 Å². The van der Waals surface area contributed by atoms with Gasteiger partial charge < -0.3 is 14.2 Å². The van der Waals surface area contributed by atoms with Gasteiger partial charge in [-0.2, -0.15) is 0 Å². The van der Waals surface area contributed by atoms with Gasteiger partial charge in [-0.15, -0.1) is 0 Å². The van der Waals surface area contributed by atoms with Crippen molar-refractivity contribution in [2.45, 2.75) is 44.9 Å². The fraction of sp³-hybridized carbons (Fsp3) is 0.423. The summed E-state index contributed by atoms with van der Waals surface area (Å²) in [6.45, 7) is 5.62. The maximum absolute atomic E-state index is 6.29. The normalized spacial score (nSPS) is 20.2. The van der Waals surface area contributed by atoms with Crippen LogP contribution in [-0.2, 0) is 4.74 Å². The van der Waals surface area contributed by atoms with E-state index in [1.165, 1.54) is 12.8 Å². The van der Waals surface area contributed by atoms with Crippen LogP contribution in [0.4, 0.5) is 0 Å². The van der Waals surface area contributed by atoms with Crippen molar-refractivity contribution in [2.24, 2.45) is 0 Å². The van der Waals surface area contributed by atoms with Crippen LogP contribution in [0.3, 0.4) is 0 Å². The molecule has 2 fully saturated rings. The molecule has 1 atom stereocenters. The van der Waals surface area contributed by atoms with Crippen molar-refractivity contribution in [1.82, 2.24) is 9.88 Å². The number of fused-ring (bicyclic) bond motifs is 1. The number of piperidine rings is 1. The highest BCUT2D eigenvalue weighted by molar-refractivity contribution is 5.92. The molecule has 31 heavy (non-hydrogen) atoms. The molecule has 5 nitrogen and oxygen atoms in total. The van der Waals surface area contributed by atoms with Gasteiger partial charge in [-0.05, 0) is 62.4 Å². The third kappa shape index (κ3) is 4.39. The zero-order chi connectivity index (χ0) is 21.0. The molecule has 0 saturated carbocycles. The number of nitrogens with zero attached hydrogens (tertiary/aromatic N) is 2. The third-order valence-electron chi connectivity index (χ3n) is 6.27. The Hall–Kier alpha value is -2.63. The fourth-order valence-electron chi connectivity index (χ4n) is 4.67. The van der Waals surface area contributed by atoms with E-state index in [4.69, 9.17) is 14.2 Å². The number of pyridine rings is 1. The van der Waals surface area contributed by atoms with E-state index in [0.29, 0.717) is 12.8 Å². The molecular weight excluding hydrogens is 388 g/mol. The molecule has 5 rings (SSSR count).